The van der Waals surface area contributed by atoms with Crippen LogP contribution in [-0.4, -0.2) is 30.6 Å². The standard InChI is InChI=1S/C19H14F2N2O4S/c1-26-15-4-2-11(3-5-15)16-10-28-19(22-16)23-17(24)9-27-18(25)12-6-13(20)8-14(21)7-12/h2-8,10H,9H2,1H3,(H,22,23,24). The molecule has 1 N–H and O–H groups in total. The van der Waals surface area contributed by atoms with Gasteiger partial charge in [-0.2, -0.15) is 0 Å². The number of nitrogens with one attached hydrogen (secondary N) is 1. The van der Waals surface area contributed by atoms with E-state index in [1.54, 1.807) is 24.6 Å². The second-order valence-corrected chi connectivity index (χ2v) is 6.41. The van der Waals surface area contributed by atoms with E-state index in [1.165, 1.54) is 11.3 Å². The molecule has 6 nitrogen and oxygen atoms in total. The minimum atomic E-state index is -1.01. The Morgan fingerprint density at radius 3 is 2.43 bits per heavy atom. The second kappa shape index (κ2) is 8.57. The van der Waals surface area contributed by atoms with E-state index in [1.807, 2.05) is 12.1 Å². The number of halogens is 2. The van der Waals surface area contributed by atoms with Gasteiger partial charge in [0, 0.05) is 17.0 Å². The summed E-state index contributed by atoms with van der Waals surface area (Å²) >= 11 is 1.20. The molecular weight excluding hydrogens is 390 g/mol. The number of hydrogen-bond donors (Lipinski definition) is 1. The van der Waals surface area contributed by atoms with E-state index in [0.29, 0.717) is 22.6 Å². The number of aromatic nitrogens is 1. The molecule has 0 saturated heterocycles. The maximum atomic E-state index is 13.1. The molecule has 1 heterocycles. The molecule has 0 unspecified atom stereocenters. The topological polar surface area (TPSA) is 77.5 Å². The lowest BCUT2D eigenvalue weighted by Gasteiger charge is -2.05. The number of benzene rings is 2. The van der Waals surface area contributed by atoms with Gasteiger partial charge in [-0.25, -0.2) is 18.6 Å². The Kier molecular flexibility index (Phi) is 5.95. The fraction of sp³-hybridized carbons (Fsp3) is 0.105. The van der Waals surface area contributed by atoms with Crippen molar-refractivity contribution >= 4 is 28.3 Å². The van der Waals surface area contributed by atoms with Crippen molar-refractivity contribution in [1.82, 2.24) is 4.98 Å². The van der Waals surface area contributed by atoms with Crippen LogP contribution < -0.4 is 10.1 Å². The van der Waals surface area contributed by atoms with Crippen molar-refractivity contribution in [2.24, 2.45) is 0 Å². The lowest BCUT2D eigenvalue weighted by atomic mass is 10.2. The van der Waals surface area contributed by atoms with Crippen molar-refractivity contribution in [2.45, 2.75) is 0 Å². The van der Waals surface area contributed by atoms with Gasteiger partial charge in [0.1, 0.15) is 17.4 Å². The van der Waals surface area contributed by atoms with Gasteiger partial charge < -0.3 is 9.47 Å². The van der Waals surface area contributed by atoms with Crippen LogP contribution >= 0.6 is 11.3 Å². The summed E-state index contributed by atoms with van der Waals surface area (Å²) in [5.41, 5.74) is 1.19. The largest absolute Gasteiger partial charge is 0.497 e. The molecule has 0 spiro atoms. The van der Waals surface area contributed by atoms with Crippen LogP contribution in [0.5, 0.6) is 5.75 Å². The van der Waals surface area contributed by atoms with Crippen LogP contribution in [0.2, 0.25) is 0 Å². The molecule has 0 aliphatic carbocycles. The number of carbonyl (C=O) groups excluding carboxylic acids is 2. The minimum Gasteiger partial charge on any atom is -0.497 e. The third-order valence-corrected chi connectivity index (χ3v) is 4.33. The summed E-state index contributed by atoms with van der Waals surface area (Å²) in [7, 11) is 1.57. The molecule has 3 rings (SSSR count). The molecule has 0 saturated carbocycles. The molecule has 0 fully saturated rings. The highest BCUT2D eigenvalue weighted by molar-refractivity contribution is 7.14. The van der Waals surface area contributed by atoms with E-state index in [-0.39, 0.29) is 5.56 Å². The summed E-state index contributed by atoms with van der Waals surface area (Å²) in [5, 5.41) is 4.59. The summed E-state index contributed by atoms with van der Waals surface area (Å²) < 4.78 is 36.1. The number of anilines is 1. The Morgan fingerprint density at radius 2 is 1.79 bits per heavy atom. The average Bonchev–Trinajstić information content (AvgIpc) is 3.13. The first-order chi connectivity index (χ1) is 13.4. The second-order valence-electron chi connectivity index (χ2n) is 5.55. The van der Waals surface area contributed by atoms with Gasteiger partial charge in [0.05, 0.1) is 18.4 Å². The number of carbonyl (C=O) groups is 2. The molecule has 9 heteroatoms. The maximum Gasteiger partial charge on any atom is 0.338 e. The molecule has 0 bridgehead atoms. The van der Waals surface area contributed by atoms with Gasteiger partial charge in [0.25, 0.3) is 5.91 Å². The summed E-state index contributed by atoms with van der Waals surface area (Å²) in [4.78, 5) is 28.0. The SMILES string of the molecule is COc1ccc(-c2csc(NC(=O)COC(=O)c3cc(F)cc(F)c3)n2)cc1. The quantitative estimate of drug-likeness (QED) is 0.631. The number of esters is 1. The third-order valence-electron chi connectivity index (χ3n) is 3.57. The van der Waals surface area contributed by atoms with E-state index >= 15 is 0 Å². The van der Waals surface area contributed by atoms with Gasteiger partial charge >= 0.3 is 5.97 Å². The summed E-state index contributed by atoms with van der Waals surface area (Å²) in [6.45, 7) is -0.617. The van der Waals surface area contributed by atoms with Crippen LogP contribution in [0, 0.1) is 11.6 Å². The van der Waals surface area contributed by atoms with Gasteiger partial charge in [0.15, 0.2) is 11.7 Å². The first-order valence-corrected chi connectivity index (χ1v) is 8.85. The molecule has 28 heavy (non-hydrogen) atoms. The van der Waals surface area contributed by atoms with Gasteiger partial charge in [-0.3, -0.25) is 10.1 Å². The summed E-state index contributed by atoms with van der Waals surface area (Å²) in [6.07, 6.45) is 0. The van der Waals surface area contributed by atoms with Crippen molar-refractivity contribution in [3.05, 3.63) is 65.0 Å². The highest BCUT2D eigenvalue weighted by Crippen LogP contribution is 2.26. The third kappa shape index (κ3) is 4.89. The number of thiazole rings is 1. The zero-order valence-electron chi connectivity index (χ0n) is 14.6. The van der Waals surface area contributed by atoms with E-state index in [2.05, 4.69) is 10.3 Å². The van der Waals surface area contributed by atoms with E-state index in [4.69, 9.17) is 9.47 Å². The summed E-state index contributed by atoms with van der Waals surface area (Å²) in [5.74, 6) is -2.74. The van der Waals surface area contributed by atoms with E-state index in [9.17, 15) is 18.4 Å². The Hall–Kier alpha value is -3.33. The molecule has 0 aliphatic heterocycles. The number of hydrogen-bond acceptors (Lipinski definition) is 6. The van der Waals surface area contributed by atoms with Crippen LogP contribution in [0.15, 0.2) is 47.8 Å². The lowest BCUT2D eigenvalue weighted by Crippen LogP contribution is -2.21. The molecule has 144 valence electrons. The lowest BCUT2D eigenvalue weighted by molar-refractivity contribution is -0.119. The highest BCUT2D eigenvalue weighted by atomic mass is 32.1. The van der Waals surface area contributed by atoms with Crippen molar-refractivity contribution in [1.29, 1.82) is 0 Å². The van der Waals surface area contributed by atoms with Crippen LogP contribution in [0.1, 0.15) is 10.4 Å². The predicted molar refractivity (Wildman–Crippen MR) is 99.4 cm³/mol. The number of amides is 1. The normalized spacial score (nSPS) is 10.4. The Balaban J connectivity index is 1.56. The van der Waals surface area contributed by atoms with Gasteiger partial charge in [-0.05, 0) is 36.4 Å². The minimum absolute atomic E-state index is 0.318. The van der Waals surface area contributed by atoms with Crippen LogP contribution in [-0.2, 0) is 9.53 Å². The van der Waals surface area contributed by atoms with Crippen LogP contribution in [0.25, 0.3) is 11.3 Å². The van der Waals surface area contributed by atoms with Crippen LogP contribution in [0.3, 0.4) is 0 Å². The van der Waals surface area contributed by atoms with Crippen molar-refractivity contribution < 1.29 is 27.8 Å². The molecule has 1 aromatic heterocycles. The molecule has 1 amide bonds. The first-order valence-electron chi connectivity index (χ1n) is 7.97. The number of nitrogens with zero attached hydrogens (tertiary/aromatic N) is 1. The smallest absolute Gasteiger partial charge is 0.338 e. The summed E-state index contributed by atoms with van der Waals surface area (Å²) in [6, 6.07) is 9.53. The predicted octanol–water partition coefficient (Wildman–Crippen LogP) is 3.89. The van der Waals surface area contributed by atoms with E-state index in [0.717, 1.165) is 17.7 Å². The zero-order valence-corrected chi connectivity index (χ0v) is 15.4. The number of rotatable bonds is 6. The molecule has 2 aromatic carbocycles. The monoisotopic (exact) mass is 404 g/mol. The van der Waals surface area contributed by atoms with E-state index < -0.39 is 30.1 Å². The number of methoxy groups -OCH3 is 1. The number of ether oxygens (including phenoxy) is 2. The Labute approximate surface area is 162 Å². The Morgan fingerprint density at radius 1 is 1.11 bits per heavy atom. The zero-order chi connectivity index (χ0) is 20.1. The van der Waals surface area contributed by atoms with Gasteiger partial charge in [0.2, 0.25) is 0 Å². The van der Waals surface area contributed by atoms with Gasteiger partial charge in [-0.1, -0.05) is 0 Å². The molecule has 0 atom stereocenters. The van der Waals surface area contributed by atoms with Crippen molar-refractivity contribution in [3.8, 4) is 17.0 Å². The Bertz CT molecular complexity index is 985. The fourth-order valence-corrected chi connectivity index (χ4v) is 3.00. The molecular formula is C19H14F2N2O4S. The molecule has 3 aromatic rings. The molecule has 0 aliphatic rings. The average molecular weight is 404 g/mol. The first kappa shape index (κ1) is 19.4. The fourth-order valence-electron chi connectivity index (χ4n) is 2.27. The van der Waals surface area contributed by atoms with Crippen molar-refractivity contribution in [2.75, 3.05) is 19.0 Å². The van der Waals surface area contributed by atoms with Crippen LogP contribution in [0.4, 0.5) is 13.9 Å². The van der Waals surface area contributed by atoms with Gasteiger partial charge in [-0.15, -0.1) is 11.3 Å². The maximum absolute atomic E-state index is 13.1. The highest BCUT2D eigenvalue weighted by Gasteiger charge is 2.14. The van der Waals surface area contributed by atoms with Crippen molar-refractivity contribution in [3.63, 3.8) is 0 Å². The molecule has 0 radical (unpaired) electrons.